The zero-order chi connectivity index (χ0) is 13.3. The zero-order valence-corrected chi connectivity index (χ0v) is 12.5. The van der Waals surface area contributed by atoms with Crippen LogP contribution in [0.4, 0.5) is 4.39 Å². The molecule has 0 saturated carbocycles. The molecule has 2 rings (SSSR count). The predicted molar refractivity (Wildman–Crippen MR) is 77.4 cm³/mol. The first-order valence-corrected chi connectivity index (χ1v) is 6.25. The summed E-state index contributed by atoms with van der Waals surface area (Å²) in [5, 5.41) is 0. The van der Waals surface area contributed by atoms with Crippen LogP contribution in [0.3, 0.4) is 0 Å². The second-order valence-electron chi connectivity index (χ2n) is 5.70. The molecule has 5 heteroatoms. The molecule has 0 bridgehead atoms. The van der Waals surface area contributed by atoms with Gasteiger partial charge in [0.2, 0.25) is 0 Å². The Hall–Kier alpha value is -0.840. The number of fused-ring (bicyclic) bond motifs is 1. The number of hydrogen-bond acceptors (Lipinski definition) is 3. The van der Waals surface area contributed by atoms with Crippen LogP contribution in [0.25, 0.3) is 0 Å². The highest BCUT2D eigenvalue weighted by Gasteiger charge is 2.22. The van der Waals surface area contributed by atoms with E-state index in [9.17, 15) is 4.39 Å². The van der Waals surface area contributed by atoms with Gasteiger partial charge in [-0.15, -0.1) is 12.4 Å². The first-order chi connectivity index (χ1) is 8.39. The fourth-order valence-electron chi connectivity index (χ4n) is 2.48. The van der Waals surface area contributed by atoms with Crippen LogP contribution in [0.1, 0.15) is 25.0 Å². The van der Waals surface area contributed by atoms with Gasteiger partial charge in [-0.2, -0.15) is 0 Å². The number of hydrogen-bond donors (Lipinski definition) is 1. The van der Waals surface area contributed by atoms with Gasteiger partial charge in [-0.1, -0.05) is 0 Å². The number of nitrogens with zero attached hydrogens (tertiary/aromatic N) is 1. The maximum absolute atomic E-state index is 13.7. The van der Waals surface area contributed by atoms with Gasteiger partial charge in [0.05, 0.1) is 7.11 Å². The van der Waals surface area contributed by atoms with Crippen molar-refractivity contribution in [2.45, 2.75) is 32.4 Å². The molecule has 1 aliphatic rings. The number of halogens is 2. The molecule has 1 heterocycles. The van der Waals surface area contributed by atoms with E-state index in [-0.39, 0.29) is 23.8 Å². The lowest BCUT2D eigenvalue weighted by molar-refractivity contribution is 0.208. The van der Waals surface area contributed by atoms with Crippen LogP contribution in [-0.2, 0) is 13.0 Å². The Bertz CT molecular complexity index is 446. The third kappa shape index (κ3) is 4.06. The van der Waals surface area contributed by atoms with E-state index in [4.69, 9.17) is 10.5 Å². The standard InChI is InChI=1S/C14H21FN2O.ClH/c1-14(2,16)9-17-5-4-10-7-13(18-3)12(15)6-11(10)8-17;/h6-7H,4-5,8-9,16H2,1-3H3;1H. The molecule has 0 spiro atoms. The Morgan fingerprint density at radius 3 is 2.63 bits per heavy atom. The summed E-state index contributed by atoms with van der Waals surface area (Å²) in [5.74, 6) is 0.0477. The van der Waals surface area contributed by atoms with E-state index in [0.29, 0.717) is 5.75 Å². The second-order valence-corrected chi connectivity index (χ2v) is 5.70. The first kappa shape index (κ1) is 16.2. The fraction of sp³-hybridized carbons (Fsp3) is 0.571. The van der Waals surface area contributed by atoms with E-state index in [0.717, 1.165) is 31.6 Å². The Balaban J connectivity index is 0.00000180. The van der Waals surface area contributed by atoms with Crippen molar-refractivity contribution in [2.24, 2.45) is 5.73 Å². The van der Waals surface area contributed by atoms with Crippen LogP contribution in [0, 0.1) is 5.82 Å². The van der Waals surface area contributed by atoms with E-state index >= 15 is 0 Å². The average Bonchev–Trinajstić information content (AvgIpc) is 2.25. The zero-order valence-electron chi connectivity index (χ0n) is 11.7. The molecule has 3 nitrogen and oxygen atoms in total. The van der Waals surface area contributed by atoms with Gasteiger partial charge in [-0.3, -0.25) is 4.90 Å². The van der Waals surface area contributed by atoms with Gasteiger partial charge in [-0.25, -0.2) is 4.39 Å². The van der Waals surface area contributed by atoms with E-state index < -0.39 is 0 Å². The van der Waals surface area contributed by atoms with Crippen molar-refractivity contribution < 1.29 is 9.13 Å². The number of ether oxygens (including phenoxy) is 1. The topological polar surface area (TPSA) is 38.5 Å². The molecule has 0 aromatic heterocycles. The minimum atomic E-state index is -0.287. The lowest BCUT2D eigenvalue weighted by Gasteiger charge is -2.33. The fourth-order valence-corrected chi connectivity index (χ4v) is 2.48. The highest BCUT2D eigenvalue weighted by atomic mass is 35.5. The normalized spacial score (nSPS) is 15.6. The number of methoxy groups -OCH3 is 1. The minimum Gasteiger partial charge on any atom is -0.494 e. The predicted octanol–water partition coefficient (Wildman–Crippen LogP) is 2.35. The molecule has 108 valence electrons. The summed E-state index contributed by atoms with van der Waals surface area (Å²) in [5.41, 5.74) is 8.03. The van der Waals surface area contributed by atoms with Crippen LogP contribution >= 0.6 is 12.4 Å². The largest absolute Gasteiger partial charge is 0.494 e. The van der Waals surface area contributed by atoms with E-state index in [1.165, 1.54) is 12.7 Å². The Morgan fingerprint density at radius 2 is 2.05 bits per heavy atom. The van der Waals surface area contributed by atoms with Crippen molar-refractivity contribution >= 4 is 12.4 Å². The first-order valence-electron chi connectivity index (χ1n) is 6.25. The van der Waals surface area contributed by atoms with E-state index in [1.54, 1.807) is 6.07 Å². The molecule has 0 amide bonds. The number of benzene rings is 1. The lowest BCUT2D eigenvalue weighted by atomic mass is 9.97. The number of rotatable bonds is 3. The minimum absolute atomic E-state index is 0. The van der Waals surface area contributed by atoms with Gasteiger partial charge in [0.15, 0.2) is 11.6 Å². The Morgan fingerprint density at radius 1 is 1.37 bits per heavy atom. The van der Waals surface area contributed by atoms with Crippen LogP contribution in [0.2, 0.25) is 0 Å². The van der Waals surface area contributed by atoms with Crippen LogP contribution < -0.4 is 10.5 Å². The van der Waals surface area contributed by atoms with Crippen molar-refractivity contribution in [3.8, 4) is 5.75 Å². The summed E-state index contributed by atoms with van der Waals surface area (Å²) in [6, 6.07) is 3.40. The summed E-state index contributed by atoms with van der Waals surface area (Å²) >= 11 is 0. The third-order valence-electron chi connectivity index (χ3n) is 3.20. The van der Waals surface area contributed by atoms with Gasteiger partial charge >= 0.3 is 0 Å². The molecule has 1 aliphatic heterocycles. The SMILES string of the molecule is COc1cc2c(cc1F)CN(CC(C)(C)N)CC2.Cl. The quantitative estimate of drug-likeness (QED) is 0.928. The Kier molecular flexibility index (Phi) is 5.18. The smallest absolute Gasteiger partial charge is 0.165 e. The maximum atomic E-state index is 13.7. The molecule has 2 N–H and O–H groups in total. The van der Waals surface area contributed by atoms with Gasteiger partial charge < -0.3 is 10.5 Å². The van der Waals surface area contributed by atoms with E-state index in [2.05, 4.69) is 4.90 Å². The highest BCUT2D eigenvalue weighted by Crippen LogP contribution is 2.27. The molecule has 0 fully saturated rings. The summed E-state index contributed by atoms with van der Waals surface area (Å²) in [6.07, 6.45) is 0.919. The molecule has 1 aromatic rings. The number of nitrogens with two attached hydrogens (primary N) is 1. The maximum Gasteiger partial charge on any atom is 0.165 e. The molecule has 0 unspecified atom stereocenters. The third-order valence-corrected chi connectivity index (χ3v) is 3.20. The van der Waals surface area contributed by atoms with Gasteiger partial charge in [0.25, 0.3) is 0 Å². The summed E-state index contributed by atoms with van der Waals surface area (Å²) < 4.78 is 18.7. The molecule has 0 atom stereocenters. The summed E-state index contributed by atoms with van der Waals surface area (Å²) in [4.78, 5) is 2.27. The summed E-state index contributed by atoms with van der Waals surface area (Å²) in [7, 11) is 1.50. The van der Waals surface area contributed by atoms with Gasteiger partial charge in [0, 0.05) is 25.2 Å². The molecule has 0 radical (unpaired) electrons. The van der Waals surface area contributed by atoms with Gasteiger partial charge in [-0.05, 0) is 43.5 Å². The van der Waals surface area contributed by atoms with E-state index in [1.807, 2.05) is 19.9 Å². The second kappa shape index (κ2) is 6.07. The molecule has 19 heavy (non-hydrogen) atoms. The Labute approximate surface area is 120 Å². The van der Waals surface area contributed by atoms with Crippen LogP contribution in [0.15, 0.2) is 12.1 Å². The summed E-state index contributed by atoms with van der Waals surface area (Å²) in [6.45, 7) is 6.56. The van der Waals surface area contributed by atoms with Crippen LogP contribution in [-0.4, -0.2) is 30.6 Å². The van der Waals surface area contributed by atoms with Crippen LogP contribution in [0.5, 0.6) is 5.75 Å². The average molecular weight is 289 g/mol. The van der Waals surface area contributed by atoms with Crippen molar-refractivity contribution in [1.82, 2.24) is 4.90 Å². The highest BCUT2D eigenvalue weighted by molar-refractivity contribution is 5.85. The monoisotopic (exact) mass is 288 g/mol. The molecule has 0 saturated heterocycles. The lowest BCUT2D eigenvalue weighted by Crippen LogP contribution is -2.46. The van der Waals surface area contributed by atoms with Crippen molar-refractivity contribution in [3.63, 3.8) is 0 Å². The molecular weight excluding hydrogens is 267 g/mol. The van der Waals surface area contributed by atoms with Crippen molar-refractivity contribution in [2.75, 3.05) is 20.2 Å². The van der Waals surface area contributed by atoms with Gasteiger partial charge in [0.1, 0.15) is 0 Å². The molecule has 1 aromatic carbocycles. The van der Waals surface area contributed by atoms with Crippen molar-refractivity contribution in [3.05, 3.63) is 29.1 Å². The molecule has 0 aliphatic carbocycles. The van der Waals surface area contributed by atoms with Crippen molar-refractivity contribution in [1.29, 1.82) is 0 Å². The molecular formula is C14H22ClFN2O.